The number of rotatable bonds is 3. The SMILES string of the molecule is O=S1(=O)N(CCCl)CCN1c1ccc(Cl)cc1. The van der Waals surface area contributed by atoms with Crippen LogP contribution in [0.5, 0.6) is 0 Å². The van der Waals surface area contributed by atoms with Gasteiger partial charge in [0.05, 0.1) is 5.69 Å². The Labute approximate surface area is 111 Å². The van der Waals surface area contributed by atoms with Gasteiger partial charge in [0.2, 0.25) is 0 Å². The molecule has 0 N–H and O–H groups in total. The maximum absolute atomic E-state index is 12.1. The van der Waals surface area contributed by atoms with Crippen LogP contribution in [0.3, 0.4) is 0 Å². The zero-order valence-electron chi connectivity index (χ0n) is 9.01. The fourth-order valence-electron chi connectivity index (χ4n) is 1.76. The van der Waals surface area contributed by atoms with E-state index in [-0.39, 0.29) is 0 Å². The number of alkyl halides is 1. The molecule has 0 aromatic heterocycles. The van der Waals surface area contributed by atoms with E-state index in [4.69, 9.17) is 23.2 Å². The summed E-state index contributed by atoms with van der Waals surface area (Å²) in [4.78, 5) is 0. The highest BCUT2D eigenvalue weighted by Crippen LogP contribution is 2.26. The summed E-state index contributed by atoms with van der Waals surface area (Å²) in [5.74, 6) is 0.299. The quantitative estimate of drug-likeness (QED) is 0.800. The molecule has 1 fully saturated rings. The van der Waals surface area contributed by atoms with Gasteiger partial charge in [-0.05, 0) is 24.3 Å². The summed E-state index contributed by atoms with van der Waals surface area (Å²) in [6.45, 7) is 1.26. The van der Waals surface area contributed by atoms with Crippen molar-refractivity contribution in [3.8, 4) is 0 Å². The lowest BCUT2D eigenvalue weighted by molar-refractivity contribution is 0.470. The summed E-state index contributed by atoms with van der Waals surface area (Å²) >= 11 is 11.4. The molecule has 1 heterocycles. The van der Waals surface area contributed by atoms with E-state index in [1.54, 1.807) is 24.3 Å². The third-order valence-corrected chi connectivity index (χ3v) is 4.99. The zero-order valence-corrected chi connectivity index (χ0v) is 11.3. The summed E-state index contributed by atoms with van der Waals surface area (Å²) in [5, 5.41) is 0.586. The van der Waals surface area contributed by atoms with Crippen LogP contribution >= 0.6 is 23.2 Å². The van der Waals surface area contributed by atoms with Gasteiger partial charge in [-0.1, -0.05) is 11.6 Å². The molecular weight excluding hydrogens is 283 g/mol. The summed E-state index contributed by atoms with van der Waals surface area (Å²) in [7, 11) is -3.42. The molecule has 7 heteroatoms. The molecule has 0 saturated carbocycles. The Morgan fingerprint density at radius 3 is 2.41 bits per heavy atom. The van der Waals surface area contributed by atoms with E-state index in [2.05, 4.69) is 0 Å². The Hall–Kier alpha value is -0.490. The molecule has 1 aromatic rings. The fraction of sp³-hybridized carbons (Fsp3) is 0.400. The van der Waals surface area contributed by atoms with Gasteiger partial charge in [0.1, 0.15) is 0 Å². The molecule has 4 nitrogen and oxygen atoms in total. The van der Waals surface area contributed by atoms with Crippen molar-refractivity contribution in [2.75, 3.05) is 29.8 Å². The first-order chi connectivity index (χ1) is 8.05. The molecule has 1 aromatic carbocycles. The van der Waals surface area contributed by atoms with Crippen molar-refractivity contribution in [2.45, 2.75) is 0 Å². The Bertz CT molecular complexity index is 490. The van der Waals surface area contributed by atoms with Crippen molar-refractivity contribution in [3.63, 3.8) is 0 Å². The molecule has 0 radical (unpaired) electrons. The van der Waals surface area contributed by atoms with Crippen LogP contribution in [0.15, 0.2) is 24.3 Å². The first-order valence-corrected chi connectivity index (χ1v) is 7.46. The summed E-state index contributed by atoms with van der Waals surface area (Å²) in [5.41, 5.74) is 0.631. The van der Waals surface area contributed by atoms with Gasteiger partial charge >= 0.3 is 10.2 Å². The molecule has 0 amide bonds. The second-order valence-electron chi connectivity index (χ2n) is 3.64. The maximum Gasteiger partial charge on any atom is 0.304 e. The first-order valence-electron chi connectivity index (χ1n) is 5.15. The molecule has 2 rings (SSSR count). The molecule has 0 unspecified atom stereocenters. The van der Waals surface area contributed by atoms with Crippen LogP contribution in [0.4, 0.5) is 5.69 Å². The van der Waals surface area contributed by atoms with E-state index < -0.39 is 10.2 Å². The minimum Gasteiger partial charge on any atom is -0.256 e. The van der Waals surface area contributed by atoms with E-state index in [1.165, 1.54) is 8.61 Å². The molecule has 1 aliphatic rings. The van der Waals surface area contributed by atoms with Gasteiger partial charge < -0.3 is 0 Å². The standard InChI is InChI=1S/C10H12Cl2N2O2S/c11-5-6-13-7-8-14(17(13,15)16)10-3-1-9(12)2-4-10/h1-4H,5-8H2. The number of anilines is 1. The Balaban J connectivity index is 2.27. The zero-order chi connectivity index (χ0) is 12.5. The van der Waals surface area contributed by atoms with Crippen LogP contribution in [0.1, 0.15) is 0 Å². The Morgan fingerprint density at radius 1 is 1.18 bits per heavy atom. The van der Waals surface area contributed by atoms with E-state index >= 15 is 0 Å². The van der Waals surface area contributed by atoms with Gasteiger partial charge in [-0.2, -0.15) is 12.7 Å². The minimum absolute atomic E-state index is 0.299. The van der Waals surface area contributed by atoms with Gasteiger partial charge in [-0.25, -0.2) is 0 Å². The third kappa shape index (κ3) is 2.52. The lowest BCUT2D eigenvalue weighted by Crippen LogP contribution is -2.34. The lowest BCUT2D eigenvalue weighted by atomic mass is 10.3. The number of benzene rings is 1. The Morgan fingerprint density at radius 2 is 1.82 bits per heavy atom. The molecule has 0 spiro atoms. The number of hydrogen-bond acceptors (Lipinski definition) is 2. The normalized spacial score (nSPS) is 19.8. The van der Waals surface area contributed by atoms with Crippen LogP contribution in [0, 0.1) is 0 Å². The molecule has 17 heavy (non-hydrogen) atoms. The van der Waals surface area contributed by atoms with Gasteiger partial charge in [-0.15, -0.1) is 11.6 Å². The van der Waals surface area contributed by atoms with Crippen molar-refractivity contribution in [1.82, 2.24) is 4.31 Å². The van der Waals surface area contributed by atoms with Crippen molar-refractivity contribution >= 4 is 39.1 Å². The second-order valence-corrected chi connectivity index (χ2v) is 6.31. The lowest BCUT2D eigenvalue weighted by Gasteiger charge is -2.19. The summed E-state index contributed by atoms with van der Waals surface area (Å²) < 4.78 is 27.0. The van der Waals surface area contributed by atoms with Crippen molar-refractivity contribution in [1.29, 1.82) is 0 Å². The number of nitrogens with zero attached hydrogens (tertiary/aromatic N) is 2. The molecule has 1 saturated heterocycles. The van der Waals surface area contributed by atoms with Crippen molar-refractivity contribution in [2.24, 2.45) is 0 Å². The summed E-state index contributed by atoms with van der Waals surface area (Å²) in [6, 6.07) is 6.75. The minimum atomic E-state index is -3.42. The summed E-state index contributed by atoms with van der Waals surface area (Å²) in [6.07, 6.45) is 0. The van der Waals surface area contributed by atoms with Gasteiger partial charge in [0, 0.05) is 30.5 Å². The highest BCUT2D eigenvalue weighted by atomic mass is 35.5. The van der Waals surface area contributed by atoms with Gasteiger partial charge in [-0.3, -0.25) is 4.31 Å². The van der Waals surface area contributed by atoms with Crippen LogP contribution in [-0.4, -0.2) is 38.2 Å². The van der Waals surface area contributed by atoms with E-state index in [0.29, 0.717) is 36.2 Å². The van der Waals surface area contributed by atoms with E-state index in [1.807, 2.05) is 0 Å². The van der Waals surface area contributed by atoms with Crippen molar-refractivity contribution in [3.05, 3.63) is 29.3 Å². The molecule has 94 valence electrons. The largest absolute Gasteiger partial charge is 0.304 e. The van der Waals surface area contributed by atoms with E-state index in [0.717, 1.165) is 0 Å². The molecule has 0 atom stereocenters. The van der Waals surface area contributed by atoms with Crippen molar-refractivity contribution < 1.29 is 8.42 Å². The second kappa shape index (κ2) is 5.02. The average Bonchev–Trinajstić information content (AvgIpc) is 2.57. The maximum atomic E-state index is 12.1. The van der Waals surface area contributed by atoms with Gasteiger partial charge in [0.15, 0.2) is 0 Å². The molecule has 0 aliphatic carbocycles. The highest BCUT2D eigenvalue weighted by Gasteiger charge is 2.35. The predicted octanol–water partition coefficient (Wildman–Crippen LogP) is 1.95. The highest BCUT2D eigenvalue weighted by molar-refractivity contribution is 7.90. The Kier molecular flexibility index (Phi) is 3.82. The monoisotopic (exact) mass is 294 g/mol. The van der Waals surface area contributed by atoms with Crippen LogP contribution < -0.4 is 4.31 Å². The van der Waals surface area contributed by atoms with Crippen LogP contribution in [-0.2, 0) is 10.2 Å². The number of hydrogen-bond donors (Lipinski definition) is 0. The molecular formula is C10H12Cl2N2O2S. The topological polar surface area (TPSA) is 40.6 Å². The van der Waals surface area contributed by atoms with Gasteiger partial charge in [0.25, 0.3) is 0 Å². The molecule has 0 bridgehead atoms. The smallest absolute Gasteiger partial charge is 0.256 e. The van der Waals surface area contributed by atoms with E-state index in [9.17, 15) is 8.42 Å². The average molecular weight is 295 g/mol. The number of halogens is 2. The van der Waals surface area contributed by atoms with Crippen LogP contribution in [0.25, 0.3) is 0 Å². The third-order valence-electron chi connectivity index (χ3n) is 2.61. The predicted molar refractivity (Wildman–Crippen MR) is 70.0 cm³/mol. The molecule has 1 aliphatic heterocycles. The first kappa shape index (κ1) is 13.0. The fourth-order valence-corrected chi connectivity index (χ4v) is 3.81. The van der Waals surface area contributed by atoms with Crippen LogP contribution in [0.2, 0.25) is 5.02 Å².